The van der Waals surface area contributed by atoms with Gasteiger partial charge in [0.15, 0.2) is 5.69 Å². The minimum atomic E-state index is 0.102. The molecule has 3 heteroatoms. The van der Waals surface area contributed by atoms with Gasteiger partial charge in [0.05, 0.1) is 12.6 Å². The summed E-state index contributed by atoms with van der Waals surface area (Å²) < 4.78 is 9.01. The summed E-state index contributed by atoms with van der Waals surface area (Å²) in [5, 5.41) is 4.93. The van der Waals surface area contributed by atoms with E-state index in [9.17, 15) is 0 Å². The summed E-state index contributed by atoms with van der Waals surface area (Å²) in [5.41, 5.74) is 9.68. The Hall–Kier alpha value is -3.20. The molecule has 0 amide bonds. The molecule has 0 N–H and O–H groups in total. The average Bonchev–Trinajstić information content (AvgIpc) is 3.17. The minimum Gasteiger partial charge on any atom is -0.455 e. The second kappa shape index (κ2) is 6.91. The third-order valence-electron chi connectivity index (χ3n) is 8.20. The Labute approximate surface area is 201 Å². The van der Waals surface area contributed by atoms with Gasteiger partial charge in [0.2, 0.25) is 0 Å². The van der Waals surface area contributed by atoms with Gasteiger partial charge in [-0.2, -0.15) is 0 Å². The van der Waals surface area contributed by atoms with Crippen LogP contribution in [0.4, 0.5) is 0 Å². The van der Waals surface area contributed by atoms with E-state index in [-0.39, 0.29) is 10.8 Å². The number of fused-ring (bicyclic) bond motifs is 7. The van der Waals surface area contributed by atoms with Crippen LogP contribution in [-0.4, -0.2) is 4.98 Å². The Balaban J connectivity index is 1.80. The van der Waals surface area contributed by atoms with Crippen molar-refractivity contribution >= 4 is 32.7 Å². The SMILES string of the molecule is Cc1cc(-c2c(C)ccc3c2oc2c3ccc3ccc4c(c32)C(C)(C)CCC4(C)C)[n+](C)cn1. The molecule has 0 saturated carbocycles. The van der Waals surface area contributed by atoms with Crippen molar-refractivity contribution in [1.29, 1.82) is 0 Å². The van der Waals surface area contributed by atoms with Gasteiger partial charge in [-0.1, -0.05) is 63.0 Å². The lowest BCUT2D eigenvalue weighted by Crippen LogP contribution is -2.34. The average molecular weight is 450 g/mol. The molecule has 1 aliphatic rings. The number of hydrogen-bond acceptors (Lipinski definition) is 2. The summed E-state index contributed by atoms with van der Waals surface area (Å²) in [6.07, 6.45) is 4.27. The molecule has 0 saturated heterocycles. The van der Waals surface area contributed by atoms with Crippen LogP contribution in [0.15, 0.2) is 53.2 Å². The van der Waals surface area contributed by atoms with Crippen molar-refractivity contribution in [3.63, 3.8) is 0 Å². The van der Waals surface area contributed by atoms with Crippen molar-refractivity contribution < 1.29 is 8.98 Å². The van der Waals surface area contributed by atoms with Crippen LogP contribution in [0.5, 0.6) is 0 Å². The monoisotopic (exact) mass is 449 g/mol. The van der Waals surface area contributed by atoms with Gasteiger partial charge in [0.1, 0.15) is 16.9 Å². The molecular weight excluding hydrogens is 416 g/mol. The van der Waals surface area contributed by atoms with Crippen LogP contribution in [0.1, 0.15) is 62.9 Å². The maximum absolute atomic E-state index is 6.92. The zero-order chi connectivity index (χ0) is 24.0. The lowest BCUT2D eigenvalue weighted by Gasteiger charge is -2.42. The Morgan fingerprint density at radius 3 is 2.32 bits per heavy atom. The highest BCUT2D eigenvalue weighted by atomic mass is 16.3. The van der Waals surface area contributed by atoms with E-state index in [1.165, 1.54) is 51.1 Å². The fraction of sp³-hybridized carbons (Fsp3) is 0.355. The summed E-state index contributed by atoms with van der Waals surface area (Å²) in [6.45, 7) is 13.8. The predicted molar refractivity (Wildman–Crippen MR) is 140 cm³/mol. The quantitative estimate of drug-likeness (QED) is 0.247. The first-order chi connectivity index (χ1) is 16.1. The smallest absolute Gasteiger partial charge is 0.286 e. The number of nitrogens with zero attached hydrogens (tertiary/aromatic N) is 2. The highest BCUT2D eigenvalue weighted by molar-refractivity contribution is 6.18. The van der Waals surface area contributed by atoms with E-state index < -0.39 is 0 Å². The van der Waals surface area contributed by atoms with E-state index in [2.05, 4.69) is 93.7 Å². The largest absolute Gasteiger partial charge is 0.455 e. The normalized spacial score (nSPS) is 16.9. The van der Waals surface area contributed by atoms with Crippen LogP contribution in [0.3, 0.4) is 0 Å². The highest BCUT2D eigenvalue weighted by Crippen LogP contribution is 2.50. The molecule has 0 fully saturated rings. The maximum Gasteiger partial charge on any atom is 0.286 e. The summed E-state index contributed by atoms with van der Waals surface area (Å²) in [4.78, 5) is 4.47. The maximum atomic E-state index is 6.92. The molecule has 172 valence electrons. The first-order valence-corrected chi connectivity index (χ1v) is 12.3. The van der Waals surface area contributed by atoms with E-state index in [0.717, 1.165) is 28.1 Å². The molecule has 0 spiro atoms. The summed E-state index contributed by atoms with van der Waals surface area (Å²) in [6, 6.07) is 15.8. The van der Waals surface area contributed by atoms with Gasteiger partial charge in [-0.3, -0.25) is 0 Å². The second-order valence-electron chi connectivity index (χ2n) is 11.6. The van der Waals surface area contributed by atoms with Crippen molar-refractivity contribution in [3.05, 3.63) is 71.2 Å². The molecule has 0 radical (unpaired) electrons. The molecule has 3 nitrogen and oxygen atoms in total. The predicted octanol–water partition coefficient (Wildman–Crippen LogP) is 7.59. The van der Waals surface area contributed by atoms with E-state index >= 15 is 0 Å². The molecule has 2 aromatic heterocycles. The molecule has 3 aromatic carbocycles. The molecule has 6 rings (SSSR count). The van der Waals surface area contributed by atoms with Gasteiger partial charge in [-0.15, -0.1) is 0 Å². The second-order valence-corrected chi connectivity index (χ2v) is 11.6. The first kappa shape index (κ1) is 21.3. The van der Waals surface area contributed by atoms with Gasteiger partial charge in [0.25, 0.3) is 6.33 Å². The van der Waals surface area contributed by atoms with Crippen LogP contribution in [0.25, 0.3) is 44.0 Å². The van der Waals surface area contributed by atoms with Crippen molar-refractivity contribution in [2.75, 3.05) is 0 Å². The van der Waals surface area contributed by atoms with E-state index in [1.807, 2.05) is 13.3 Å². The standard InChI is InChI=1S/C31H33N2O/c1-18-8-11-21-22-12-9-20-10-13-23-27(31(5,6)15-14-30(23,3)4)26(20)29(22)34-28(21)25(18)24-16-19(2)32-17-33(24)7/h8-13,16-17H,14-15H2,1-7H3/q+1. The Bertz CT molecular complexity index is 1640. The Kier molecular flexibility index (Phi) is 4.34. The van der Waals surface area contributed by atoms with Gasteiger partial charge >= 0.3 is 0 Å². The van der Waals surface area contributed by atoms with E-state index in [1.54, 1.807) is 0 Å². The lowest BCUT2D eigenvalue weighted by molar-refractivity contribution is -0.663. The van der Waals surface area contributed by atoms with Crippen LogP contribution >= 0.6 is 0 Å². The molecular formula is C31H33N2O+. The van der Waals surface area contributed by atoms with Crippen LogP contribution < -0.4 is 4.57 Å². The number of furan rings is 1. The van der Waals surface area contributed by atoms with Crippen molar-refractivity contribution in [3.8, 4) is 11.3 Å². The number of aryl methyl sites for hydroxylation is 3. The summed E-state index contributed by atoms with van der Waals surface area (Å²) in [7, 11) is 2.05. The zero-order valence-electron chi connectivity index (χ0n) is 21.3. The minimum absolute atomic E-state index is 0.102. The molecule has 34 heavy (non-hydrogen) atoms. The zero-order valence-corrected chi connectivity index (χ0v) is 21.3. The van der Waals surface area contributed by atoms with Gasteiger partial charge in [-0.25, -0.2) is 4.57 Å². The summed E-state index contributed by atoms with van der Waals surface area (Å²) in [5.74, 6) is 0. The molecule has 1 aliphatic carbocycles. The lowest BCUT2D eigenvalue weighted by atomic mass is 9.62. The highest BCUT2D eigenvalue weighted by Gasteiger charge is 2.39. The molecule has 2 heterocycles. The third kappa shape index (κ3) is 2.89. The number of benzene rings is 3. The number of aromatic nitrogens is 2. The topological polar surface area (TPSA) is 29.9 Å². The van der Waals surface area contributed by atoms with Crippen LogP contribution in [0.2, 0.25) is 0 Å². The molecule has 5 aromatic rings. The fourth-order valence-corrected chi connectivity index (χ4v) is 6.10. The van der Waals surface area contributed by atoms with Crippen molar-refractivity contribution in [2.45, 2.75) is 65.2 Å². The van der Waals surface area contributed by atoms with E-state index in [0.29, 0.717) is 0 Å². The molecule has 0 bridgehead atoms. The van der Waals surface area contributed by atoms with Crippen LogP contribution in [-0.2, 0) is 17.9 Å². The molecule has 0 atom stereocenters. The Morgan fingerprint density at radius 1 is 0.853 bits per heavy atom. The van der Waals surface area contributed by atoms with Gasteiger partial charge in [0, 0.05) is 29.1 Å². The Morgan fingerprint density at radius 2 is 1.53 bits per heavy atom. The first-order valence-electron chi connectivity index (χ1n) is 12.3. The molecule has 0 unspecified atom stereocenters. The molecule has 0 aliphatic heterocycles. The fourth-order valence-electron chi connectivity index (χ4n) is 6.10. The van der Waals surface area contributed by atoms with Crippen molar-refractivity contribution in [2.24, 2.45) is 7.05 Å². The third-order valence-corrected chi connectivity index (χ3v) is 8.20. The summed E-state index contributed by atoms with van der Waals surface area (Å²) >= 11 is 0. The van der Waals surface area contributed by atoms with Crippen molar-refractivity contribution in [1.82, 2.24) is 4.98 Å². The van der Waals surface area contributed by atoms with Gasteiger partial charge in [-0.05, 0) is 58.7 Å². The van der Waals surface area contributed by atoms with Crippen LogP contribution in [0, 0.1) is 13.8 Å². The number of hydrogen-bond donors (Lipinski definition) is 0. The number of rotatable bonds is 1. The van der Waals surface area contributed by atoms with Gasteiger partial charge < -0.3 is 4.42 Å². The van der Waals surface area contributed by atoms with E-state index in [4.69, 9.17) is 4.42 Å².